The third-order valence-corrected chi connectivity index (χ3v) is 3.02. The minimum absolute atomic E-state index is 0.0170. The summed E-state index contributed by atoms with van der Waals surface area (Å²) >= 11 is 0. The average molecular weight is 240 g/mol. The molecule has 0 unspecified atom stereocenters. The summed E-state index contributed by atoms with van der Waals surface area (Å²) in [4.78, 5) is 23.0. The highest BCUT2D eigenvalue weighted by Gasteiger charge is 2.22. The molecule has 18 heavy (non-hydrogen) atoms. The van der Waals surface area contributed by atoms with Gasteiger partial charge in [-0.15, -0.1) is 0 Å². The maximum absolute atomic E-state index is 11.7. The SMILES string of the molecule is O=C1C=Cc2cc3c(O)ccc(O)c3cc2C1=O. The summed E-state index contributed by atoms with van der Waals surface area (Å²) in [7, 11) is 0. The Kier molecular flexibility index (Phi) is 2.01. The normalized spacial score (nSPS) is 14.0. The molecule has 0 fully saturated rings. The fourth-order valence-electron chi connectivity index (χ4n) is 2.09. The number of fused-ring (bicyclic) bond motifs is 2. The number of carbonyl (C=O) groups is 2. The summed E-state index contributed by atoms with van der Waals surface area (Å²) in [6.45, 7) is 0. The lowest BCUT2D eigenvalue weighted by Crippen LogP contribution is -2.16. The molecule has 0 bridgehead atoms. The average Bonchev–Trinajstić information content (AvgIpc) is 2.37. The number of phenolic OH excluding ortho intramolecular Hbond substituents is 2. The summed E-state index contributed by atoms with van der Waals surface area (Å²) in [6.07, 6.45) is 2.73. The molecule has 1 aliphatic rings. The number of benzene rings is 2. The zero-order chi connectivity index (χ0) is 12.9. The van der Waals surface area contributed by atoms with E-state index in [2.05, 4.69) is 0 Å². The van der Waals surface area contributed by atoms with Crippen LogP contribution >= 0.6 is 0 Å². The monoisotopic (exact) mass is 240 g/mol. The molecule has 2 aromatic carbocycles. The summed E-state index contributed by atoms with van der Waals surface area (Å²) in [6, 6.07) is 5.74. The summed E-state index contributed by atoms with van der Waals surface area (Å²) in [5, 5.41) is 20.2. The van der Waals surface area contributed by atoms with Gasteiger partial charge in [0.2, 0.25) is 11.6 Å². The first-order valence-corrected chi connectivity index (χ1v) is 5.33. The van der Waals surface area contributed by atoms with Gasteiger partial charge in [-0.3, -0.25) is 9.59 Å². The van der Waals surface area contributed by atoms with Crippen LogP contribution in [0.5, 0.6) is 11.5 Å². The van der Waals surface area contributed by atoms with Gasteiger partial charge in [-0.25, -0.2) is 0 Å². The van der Waals surface area contributed by atoms with Crippen LogP contribution in [0.3, 0.4) is 0 Å². The Hall–Kier alpha value is -2.62. The molecule has 1 aliphatic carbocycles. The highest BCUT2D eigenvalue weighted by Crippen LogP contribution is 2.35. The van der Waals surface area contributed by atoms with Crippen LogP contribution in [0.25, 0.3) is 16.8 Å². The van der Waals surface area contributed by atoms with Crippen LogP contribution in [0.2, 0.25) is 0 Å². The van der Waals surface area contributed by atoms with Crippen molar-refractivity contribution in [2.24, 2.45) is 0 Å². The van der Waals surface area contributed by atoms with Crippen LogP contribution in [0.4, 0.5) is 0 Å². The number of rotatable bonds is 0. The van der Waals surface area contributed by atoms with Crippen LogP contribution in [-0.4, -0.2) is 21.8 Å². The molecule has 0 radical (unpaired) electrons. The molecular weight excluding hydrogens is 232 g/mol. The van der Waals surface area contributed by atoms with Crippen LogP contribution in [-0.2, 0) is 4.79 Å². The lowest BCUT2D eigenvalue weighted by molar-refractivity contribution is -0.110. The summed E-state index contributed by atoms with van der Waals surface area (Å²) in [5.41, 5.74) is 0.809. The molecule has 0 aliphatic heterocycles. The van der Waals surface area contributed by atoms with Crippen molar-refractivity contribution in [1.29, 1.82) is 0 Å². The molecule has 88 valence electrons. The van der Waals surface area contributed by atoms with Crippen molar-refractivity contribution in [2.75, 3.05) is 0 Å². The summed E-state index contributed by atoms with van der Waals surface area (Å²) < 4.78 is 0. The van der Waals surface area contributed by atoms with E-state index in [9.17, 15) is 19.8 Å². The van der Waals surface area contributed by atoms with E-state index in [0.717, 1.165) is 0 Å². The molecule has 0 spiro atoms. The number of aromatic hydroxyl groups is 2. The van der Waals surface area contributed by atoms with E-state index >= 15 is 0 Å². The van der Waals surface area contributed by atoms with Gasteiger partial charge in [0.25, 0.3) is 0 Å². The highest BCUT2D eigenvalue weighted by molar-refractivity contribution is 6.50. The van der Waals surface area contributed by atoms with Crippen molar-refractivity contribution in [3.8, 4) is 11.5 Å². The molecule has 0 atom stereocenters. The molecule has 2 N–H and O–H groups in total. The number of Topliss-reactive ketones (excluding diaryl/α,β-unsaturated/α-hetero) is 1. The number of hydrogen-bond donors (Lipinski definition) is 2. The van der Waals surface area contributed by atoms with Gasteiger partial charge in [-0.1, -0.05) is 6.08 Å². The molecule has 0 amide bonds. The number of allylic oxidation sites excluding steroid dienone is 1. The maximum atomic E-state index is 11.7. The second-order valence-electron chi connectivity index (χ2n) is 4.12. The fourth-order valence-corrected chi connectivity index (χ4v) is 2.09. The predicted octanol–water partition coefficient (Wildman–Crippen LogP) is 2.03. The van der Waals surface area contributed by atoms with Crippen LogP contribution < -0.4 is 0 Å². The number of hydrogen-bond acceptors (Lipinski definition) is 4. The van der Waals surface area contributed by atoms with Gasteiger partial charge in [0.15, 0.2) is 0 Å². The van der Waals surface area contributed by atoms with Crippen molar-refractivity contribution in [1.82, 2.24) is 0 Å². The molecule has 4 heteroatoms. The standard InChI is InChI=1S/C14H8O4/c15-11-3-4-12(16)10-6-8-7(5-9(10)11)1-2-13(17)14(8)18/h1-6,15-16H. The van der Waals surface area contributed by atoms with E-state index in [-0.39, 0.29) is 17.1 Å². The largest absolute Gasteiger partial charge is 0.507 e. The van der Waals surface area contributed by atoms with Crippen molar-refractivity contribution in [3.63, 3.8) is 0 Å². The van der Waals surface area contributed by atoms with Gasteiger partial charge < -0.3 is 10.2 Å². The Morgan fingerprint density at radius 2 is 1.44 bits per heavy atom. The Bertz CT molecular complexity index is 741. The van der Waals surface area contributed by atoms with E-state index < -0.39 is 11.6 Å². The lowest BCUT2D eigenvalue weighted by Gasteiger charge is -2.11. The van der Waals surface area contributed by atoms with Gasteiger partial charge in [-0.2, -0.15) is 0 Å². The molecule has 3 rings (SSSR count). The Balaban J connectivity index is 2.43. The quantitative estimate of drug-likeness (QED) is 0.545. The van der Waals surface area contributed by atoms with Crippen molar-refractivity contribution >= 4 is 28.4 Å². The molecule has 2 aromatic rings. The Morgan fingerprint density at radius 1 is 0.833 bits per heavy atom. The van der Waals surface area contributed by atoms with Gasteiger partial charge in [0, 0.05) is 16.3 Å². The van der Waals surface area contributed by atoms with Crippen LogP contribution in [0.15, 0.2) is 30.3 Å². The highest BCUT2D eigenvalue weighted by atomic mass is 16.3. The Labute approximate surface area is 102 Å². The smallest absolute Gasteiger partial charge is 0.233 e. The molecular formula is C14H8O4. The lowest BCUT2D eigenvalue weighted by atomic mass is 9.92. The zero-order valence-electron chi connectivity index (χ0n) is 9.18. The van der Waals surface area contributed by atoms with Gasteiger partial charge in [-0.05, 0) is 35.9 Å². The van der Waals surface area contributed by atoms with E-state index in [4.69, 9.17) is 0 Å². The molecule has 0 aromatic heterocycles. The molecule has 0 saturated heterocycles. The first-order chi connectivity index (χ1) is 8.58. The van der Waals surface area contributed by atoms with E-state index in [1.54, 1.807) is 6.07 Å². The van der Waals surface area contributed by atoms with Gasteiger partial charge in [0.05, 0.1) is 0 Å². The van der Waals surface area contributed by atoms with E-state index in [1.807, 2.05) is 0 Å². The number of carbonyl (C=O) groups excluding carboxylic acids is 2. The van der Waals surface area contributed by atoms with Crippen LogP contribution in [0.1, 0.15) is 15.9 Å². The van der Waals surface area contributed by atoms with Crippen molar-refractivity contribution in [3.05, 3.63) is 41.5 Å². The van der Waals surface area contributed by atoms with Crippen LogP contribution in [0, 0.1) is 0 Å². The predicted molar refractivity (Wildman–Crippen MR) is 65.6 cm³/mol. The minimum atomic E-state index is -0.600. The zero-order valence-corrected chi connectivity index (χ0v) is 9.18. The molecule has 0 heterocycles. The molecule has 0 saturated carbocycles. The van der Waals surface area contributed by atoms with E-state index in [0.29, 0.717) is 16.3 Å². The number of ketones is 2. The third-order valence-electron chi connectivity index (χ3n) is 3.02. The second kappa shape index (κ2) is 3.43. The van der Waals surface area contributed by atoms with E-state index in [1.165, 1.54) is 30.4 Å². The first kappa shape index (κ1) is 10.5. The second-order valence-corrected chi connectivity index (χ2v) is 4.12. The Morgan fingerprint density at radius 3 is 2.11 bits per heavy atom. The fraction of sp³-hybridized carbons (Fsp3) is 0. The first-order valence-electron chi connectivity index (χ1n) is 5.33. The number of phenols is 2. The topological polar surface area (TPSA) is 74.6 Å². The maximum Gasteiger partial charge on any atom is 0.233 e. The van der Waals surface area contributed by atoms with Gasteiger partial charge in [0.1, 0.15) is 11.5 Å². The summed E-state index contributed by atoms with van der Waals surface area (Å²) in [5.74, 6) is -1.21. The van der Waals surface area contributed by atoms with Crippen molar-refractivity contribution in [2.45, 2.75) is 0 Å². The minimum Gasteiger partial charge on any atom is -0.507 e. The molecule has 4 nitrogen and oxygen atoms in total. The van der Waals surface area contributed by atoms with Gasteiger partial charge >= 0.3 is 0 Å². The van der Waals surface area contributed by atoms with Crippen molar-refractivity contribution < 1.29 is 19.8 Å². The third kappa shape index (κ3) is 1.32.